The van der Waals surface area contributed by atoms with Crippen LogP contribution >= 0.6 is 23.2 Å². The molecule has 0 spiro atoms. The number of anilines is 1. The fourth-order valence-corrected chi connectivity index (χ4v) is 5.53. The number of hydrogen-bond donors (Lipinski definition) is 3. The number of benzene rings is 1. The summed E-state index contributed by atoms with van der Waals surface area (Å²) in [6, 6.07) is 9.57. The number of fused-ring (bicyclic) bond motifs is 2. The molecule has 6 nitrogen and oxygen atoms in total. The number of hydrogen-bond acceptors (Lipinski definition) is 5. The summed E-state index contributed by atoms with van der Waals surface area (Å²) < 4.78 is 6.35. The summed E-state index contributed by atoms with van der Waals surface area (Å²) in [5.41, 5.74) is 2.59. The number of aromatic nitrogens is 1. The first-order chi connectivity index (χ1) is 14.9. The summed E-state index contributed by atoms with van der Waals surface area (Å²) in [6.45, 7) is 1.95. The molecule has 1 aliphatic carbocycles. The van der Waals surface area contributed by atoms with Crippen LogP contribution in [0.2, 0.25) is 10.0 Å². The van der Waals surface area contributed by atoms with E-state index < -0.39 is 0 Å². The Labute approximate surface area is 191 Å². The van der Waals surface area contributed by atoms with Gasteiger partial charge in [-0.15, -0.1) is 0 Å². The molecule has 0 radical (unpaired) electrons. The van der Waals surface area contributed by atoms with Crippen LogP contribution in [0, 0.1) is 12.8 Å². The van der Waals surface area contributed by atoms with Gasteiger partial charge in [0, 0.05) is 35.6 Å². The van der Waals surface area contributed by atoms with Gasteiger partial charge in [0.05, 0.1) is 34.3 Å². The van der Waals surface area contributed by atoms with Crippen molar-refractivity contribution in [1.82, 2.24) is 10.3 Å². The number of carbonyl (C=O) groups is 1. The number of rotatable bonds is 5. The lowest BCUT2D eigenvalue weighted by atomic mass is 9.72. The summed E-state index contributed by atoms with van der Waals surface area (Å²) in [6.07, 6.45) is 3.62. The summed E-state index contributed by atoms with van der Waals surface area (Å²) >= 11 is 12.1. The SMILES string of the molecule is Cc1cc([C@H]2[C@H]3O[C@H](C[C@H]3N[C@H]3C[C@H](O)C3)[C@@H]2C(=O)Nc2ccc(Cl)c(Cl)c2)ccn1. The van der Waals surface area contributed by atoms with E-state index in [-0.39, 0.29) is 42.1 Å². The highest BCUT2D eigenvalue weighted by atomic mass is 35.5. The molecule has 3 fully saturated rings. The van der Waals surface area contributed by atoms with E-state index >= 15 is 0 Å². The van der Waals surface area contributed by atoms with Crippen LogP contribution in [-0.4, -0.2) is 46.4 Å². The highest BCUT2D eigenvalue weighted by Gasteiger charge is 2.57. The van der Waals surface area contributed by atoms with Crippen molar-refractivity contribution in [3.05, 3.63) is 57.8 Å². The molecule has 31 heavy (non-hydrogen) atoms. The molecule has 2 bridgehead atoms. The van der Waals surface area contributed by atoms with E-state index in [9.17, 15) is 9.90 Å². The van der Waals surface area contributed by atoms with Crippen molar-refractivity contribution in [3.63, 3.8) is 0 Å². The molecule has 1 saturated carbocycles. The van der Waals surface area contributed by atoms with Gasteiger partial charge in [0.1, 0.15) is 0 Å². The van der Waals surface area contributed by atoms with Gasteiger partial charge in [-0.05, 0) is 62.1 Å². The van der Waals surface area contributed by atoms with E-state index in [4.69, 9.17) is 27.9 Å². The number of nitrogens with one attached hydrogen (secondary N) is 2. The number of aliphatic hydroxyl groups excluding tert-OH is 1. The Morgan fingerprint density at radius 1 is 1.16 bits per heavy atom. The van der Waals surface area contributed by atoms with Crippen molar-refractivity contribution in [1.29, 1.82) is 0 Å². The second kappa shape index (κ2) is 8.34. The second-order valence-electron chi connectivity index (χ2n) is 8.87. The molecule has 1 aromatic carbocycles. The van der Waals surface area contributed by atoms with Crippen molar-refractivity contribution in [2.75, 3.05) is 5.32 Å². The minimum Gasteiger partial charge on any atom is -0.393 e. The van der Waals surface area contributed by atoms with E-state index in [1.165, 1.54) is 0 Å². The van der Waals surface area contributed by atoms with Crippen LogP contribution in [0.4, 0.5) is 5.69 Å². The average molecular weight is 462 g/mol. The number of amides is 1. The maximum Gasteiger partial charge on any atom is 0.230 e. The van der Waals surface area contributed by atoms with Gasteiger partial charge in [0.15, 0.2) is 0 Å². The molecule has 8 heteroatoms. The Hall–Kier alpha value is -1.70. The van der Waals surface area contributed by atoms with Gasteiger partial charge in [-0.1, -0.05) is 23.2 Å². The zero-order valence-electron chi connectivity index (χ0n) is 17.1. The number of nitrogens with zero attached hydrogens (tertiary/aromatic N) is 1. The van der Waals surface area contributed by atoms with Crippen LogP contribution < -0.4 is 10.6 Å². The summed E-state index contributed by atoms with van der Waals surface area (Å²) in [5, 5.41) is 17.1. The molecule has 5 rings (SSSR count). The van der Waals surface area contributed by atoms with E-state index in [1.807, 2.05) is 19.1 Å². The monoisotopic (exact) mass is 461 g/mol. The number of carbonyl (C=O) groups excluding carboxylic acids is 1. The molecule has 3 N–H and O–H groups in total. The molecule has 164 valence electrons. The Morgan fingerprint density at radius 2 is 1.97 bits per heavy atom. The van der Waals surface area contributed by atoms with Crippen LogP contribution in [0.25, 0.3) is 0 Å². The lowest BCUT2D eigenvalue weighted by Gasteiger charge is -2.39. The van der Waals surface area contributed by atoms with E-state index in [2.05, 4.69) is 15.6 Å². The standard InChI is InChI=1S/C23H25Cl2N3O3/c1-11-6-12(4-5-26-11)20-21(23(30)28-13-2-3-16(24)17(25)9-13)19-10-18(22(20)31-19)27-14-7-15(29)8-14/h2-6,9,14-15,18-22,27,29H,7-8,10H2,1H3,(H,28,30)/t14-,15-,18-,19-,20-,21+,22+/m1/s1. The maximum atomic E-state index is 13.4. The average Bonchev–Trinajstić information content (AvgIpc) is 3.28. The molecular formula is C23H25Cl2N3O3. The summed E-state index contributed by atoms with van der Waals surface area (Å²) in [4.78, 5) is 17.7. The highest BCUT2D eigenvalue weighted by molar-refractivity contribution is 6.42. The maximum absolute atomic E-state index is 13.4. The lowest BCUT2D eigenvalue weighted by molar-refractivity contribution is -0.121. The number of halogens is 2. The van der Waals surface area contributed by atoms with Crippen LogP contribution in [0.3, 0.4) is 0 Å². The predicted octanol–water partition coefficient (Wildman–Crippen LogP) is 3.69. The Morgan fingerprint density at radius 3 is 2.68 bits per heavy atom. The van der Waals surface area contributed by atoms with Gasteiger partial charge in [-0.25, -0.2) is 0 Å². The molecule has 5 atom stereocenters. The van der Waals surface area contributed by atoms with Gasteiger partial charge in [-0.2, -0.15) is 0 Å². The molecular weight excluding hydrogens is 437 g/mol. The normalized spacial score (nSPS) is 33.9. The third kappa shape index (κ3) is 4.08. The van der Waals surface area contributed by atoms with Crippen LogP contribution in [0.1, 0.15) is 36.4 Å². The summed E-state index contributed by atoms with van der Waals surface area (Å²) in [5.74, 6) is -0.472. The van der Waals surface area contributed by atoms with Crippen molar-refractivity contribution in [2.24, 2.45) is 5.92 Å². The van der Waals surface area contributed by atoms with Gasteiger partial charge in [-0.3, -0.25) is 9.78 Å². The molecule has 2 aliphatic heterocycles. The van der Waals surface area contributed by atoms with Crippen molar-refractivity contribution in [3.8, 4) is 0 Å². The number of ether oxygens (including phenoxy) is 1. The number of aryl methyl sites for hydroxylation is 1. The summed E-state index contributed by atoms with van der Waals surface area (Å²) in [7, 11) is 0. The van der Waals surface area contributed by atoms with Crippen molar-refractivity contribution >= 4 is 34.8 Å². The molecule has 2 saturated heterocycles. The first-order valence-electron chi connectivity index (χ1n) is 10.7. The smallest absolute Gasteiger partial charge is 0.230 e. The zero-order valence-corrected chi connectivity index (χ0v) is 18.6. The third-order valence-electron chi connectivity index (χ3n) is 6.71. The third-order valence-corrected chi connectivity index (χ3v) is 7.45. The highest BCUT2D eigenvalue weighted by Crippen LogP contribution is 2.50. The van der Waals surface area contributed by atoms with Crippen molar-refractivity contribution < 1.29 is 14.6 Å². The zero-order chi connectivity index (χ0) is 21.7. The largest absolute Gasteiger partial charge is 0.393 e. The quantitative estimate of drug-likeness (QED) is 0.632. The van der Waals surface area contributed by atoms with Gasteiger partial charge < -0.3 is 20.5 Å². The molecule has 1 amide bonds. The van der Waals surface area contributed by atoms with Gasteiger partial charge in [0.2, 0.25) is 5.91 Å². The van der Waals surface area contributed by atoms with E-state index in [0.717, 1.165) is 30.5 Å². The minimum atomic E-state index is -0.314. The second-order valence-corrected chi connectivity index (χ2v) is 9.68. The molecule has 3 heterocycles. The molecule has 2 aromatic rings. The molecule has 3 aliphatic rings. The molecule has 1 aromatic heterocycles. The number of pyridine rings is 1. The Balaban J connectivity index is 1.39. The number of aliphatic hydroxyl groups is 1. The molecule has 0 unspecified atom stereocenters. The van der Waals surface area contributed by atoms with Crippen molar-refractivity contribution in [2.45, 2.75) is 62.5 Å². The van der Waals surface area contributed by atoms with Gasteiger partial charge in [0.25, 0.3) is 0 Å². The van der Waals surface area contributed by atoms with Crippen LogP contribution in [0.5, 0.6) is 0 Å². The lowest BCUT2D eigenvalue weighted by Crippen LogP contribution is -2.54. The Bertz CT molecular complexity index is 998. The minimum absolute atomic E-state index is 0.0780. The topological polar surface area (TPSA) is 83.5 Å². The fraction of sp³-hybridized carbons (Fsp3) is 0.478. The van der Waals surface area contributed by atoms with Crippen LogP contribution in [0.15, 0.2) is 36.5 Å². The van der Waals surface area contributed by atoms with E-state index in [1.54, 1.807) is 24.4 Å². The Kier molecular flexibility index (Phi) is 5.69. The first kappa shape index (κ1) is 21.2. The van der Waals surface area contributed by atoms with Gasteiger partial charge >= 0.3 is 0 Å². The predicted molar refractivity (Wildman–Crippen MR) is 120 cm³/mol. The van der Waals surface area contributed by atoms with E-state index in [0.29, 0.717) is 21.8 Å². The fourth-order valence-electron chi connectivity index (χ4n) is 5.23. The first-order valence-corrected chi connectivity index (χ1v) is 11.4. The van der Waals surface area contributed by atoms with Crippen LogP contribution in [-0.2, 0) is 9.53 Å².